The second-order valence-corrected chi connectivity index (χ2v) is 7.42. The minimum absolute atomic E-state index is 0.0397. The number of amides is 1. The molecule has 1 amide bonds. The summed E-state index contributed by atoms with van der Waals surface area (Å²) in [5.74, 6) is 0.495. The van der Waals surface area contributed by atoms with Crippen molar-refractivity contribution in [1.82, 2.24) is 14.9 Å². The van der Waals surface area contributed by atoms with Gasteiger partial charge in [-0.25, -0.2) is 9.97 Å². The summed E-state index contributed by atoms with van der Waals surface area (Å²) < 4.78 is 15.7. The van der Waals surface area contributed by atoms with E-state index < -0.39 is 5.97 Å². The van der Waals surface area contributed by atoms with Crippen molar-refractivity contribution < 1.29 is 23.8 Å². The van der Waals surface area contributed by atoms with Crippen LogP contribution in [0.5, 0.6) is 11.5 Å². The second kappa shape index (κ2) is 11.4. The van der Waals surface area contributed by atoms with E-state index >= 15 is 0 Å². The number of aromatic nitrogens is 2. The molecule has 162 valence electrons. The van der Waals surface area contributed by atoms with E-state index in [9.17, 15) is 9.59 Å². The number of methoxy groups -OCH3 is 2. The van der Waals surface area contributed by atoms with Gasteiger partial charge in [-0.3, -0.25) is 9.59 Å². The number of hydrogen-bond acceptors (Lipinski definition) is 8. The largest absolute Gasteiger partial charge is 0.493 e. The molecule has 2 rings (SSSR count). The summed E-state index contributed by atoms with van der Waals surface area (Å²) in [5.41, 5.74) is 2.56. The van der Waals surface area contributed by atoms with Crippen LogP contribution >= 0.6 is 11.8 Å². The topological polar surface area (TPSA) is 90.8 Å². The van der Waals surface area contributed by atoms with Crippen molar-refractivity contribution >= 4 is 23.6 Å². The lowest BCUT2D eigenvalue weighted by Gasteiger charge is -2.21. The number of carbonyl (C=O) groups is 2. The average molecular weight is 434 g/mol. The lowest BCUT2D eigenvalue weighted by molar-refractivity contribution is -0.150. The molecule has 30 heavy (non-hydrogen) atoms. The Morgan fingerprint density at radius 3 is 2.30 bits per heavy atom. The number of likely N-dealkylation sites (N-methyl/N-ethyl adjacent to an activating group) is 1. The monoisotopic (exact) mass is 433 g/mol. The zero-order valence-electron chi connectivity index (χ0n) is 17.9. The molecule has 2 aromatic rings. The molecule has 0 aliphatic rings. The third-order valence-electron chi connectivity index (χ3n) is 4.19. The van der Waals surface area contributed by atoms with Gasteiger partial charge in [0.05, 0.1) is 20.0 Å². The van der Waals surface area contributed by atoms with Crippen LogP contribution in [0.4, 0.5) is 0 Å². The van der Waals surface area contributed by atoms with Crippen molar-refractivity contribution in [3.63, 3.8) is 0 Å². The summed E-state index contributed by atoms with van der Waals surface area (Å²) in [6.45, 7) is 6.15. The van der Waals surface area contributed by atoms with Crippen molar-refractivity contribution in [2.75, 3.05) is 33.1 Å². The molecule has 1 aromatic carbocycles. The minimum atomic E-state index is -0.488. The maximum atomic E-state index is 12.5. The van der Waals surface area contributed by atoms with Gasteiger partial charge in [-0.05, 0) is 44.5 Å². The number of hydrogen-bond donors (Lipinski definition) is 0. The summed E-state index contributed by atoms with van der Waals surface area (Å²) in [5, 5.41) is 0.513. The summed E-state index contributed by atoms with van der Waals surface area (Å²) in [6, 6.07) is 7.34. The quantitative estimate of drug-likeness (QED) is 0.321. The van der Waals surface area contributed by atoms with E-state index in [0.717, 1.165) is 17.0 Å². The molecule has 0 saturated carbocycles. The molecule has 0 atom stereocenters. The Morgan fingerprint density at radius 1 is 1.03 bits per heavy atom. The highest BCUT2D eigenvalue weighted by Gasteiger charge is 2.16. The van der Waals surface area contributed by atoms with Crippen molar-refractivity contribution in [2.24, 2.45) is 0 Å². The van der Waals surface area contributed by atoms with Crippen LogP contribution < -0.4 is 9.47 Å². The van der Waals surface area contributed by atoms with Crippen LogP contribution in [-0.2, 0) is 20.9 Å². The van der Waals surface area contributed by atoms with Crippen molar-refractivity contribution in [3.05, 3.63) is 41.2 Å². The number of thioether (sulfide) groups is 1. The van der Waals surface area contributed by atoms with Gasteiger partial charge in [-0.15, -0.1) is 0 Å². The smallest absolute Gasteiger partial charge is 0.316 e. The second-order valence-electron chi connectivity index (χ2n) is 6.48. The predicted molar refractivity (Wildman–Crippen MR) is 114 cm³/mol. The molecule has 0 unspecified atom stereocenters. The lowest BCUT2D eigenvalue weighted by Crippen LogP contribution is -2.34. The summed E-state index contributed by atoms with van der Waals surface area (Å²) in [4.78, 5) is 34.6. The van der Waals surface area contributed by atoms with Crippen molar-refractivity contribution in [3.8, 4) is 11.5 Å². The van der Waals surface area contributed by atoms with Gasteiger partial charge in [-0.2, -0.15) is 0 Å². The highest BCUT2D eigenvalue weighted by Crippen LogP contribution is 2.28. The van der Waals surface area contributed by atoms with Crippen LogP contribution in [0.3, 0.4) is 0 Å². The number of rotatable bonds is 10. The molecular formula is C21H27N3O5S. The summed E-state index contributed by atoms with van der Waals surface area (Å²) in [7, 11) is 3.13. The molecule has 8 nitrogen and oxygen atoms in total. The van der Waals surface area contributed by atoms with E-state index in [1.807, 2.05) is 39.0 Å². The van der Waals surface area contributed by atoms with Gasteiger partial charge in [0, 0.05) is 24.5 Å². The Morgan fingerprint density at radius 2 is 1.70 bits per heavy atom. The minimum Gasteiger partial charge on any atom is -0.493 e. The Hall–Kier alpha value is -2.81. The molecular weight excluding hydrogens is 406 g/mol. The van der Waals surface area contributed by atoms with E-state index in [4.69, 9.17) is 14.2 Å². The molecule has 1 aromatic heterocycles. The third kappa shape index (κ3) is 6.91. The number of benzene rings is 1. The Bertz CT molecular complexity index is 871. The summed E-state index contributed by atoms with van der Waals surface area (Å²) in [6.07, 6.45) is 0. The number of nitrogens with zero attached hydrogens (tertiary/aromatic N) is 3. The van der Waals surface area contributed by atoms with Crippen LogP contribution in [-0.4, -0.2) is 59.9 Å². The van der Waals surface area contributed by atoms with E-state index in [2.05, 4.69) is 9.97 Å². The van der Waals surface area contributed by atoms with Gasteiger partial charge in [0.1, 0.15) is 0 Å². The van der Waals surface area contributed by atoms with Gasteiger partial charge in [0.2, 0.25) is 0 Å². The fourth-order valence-electron chi connectivity index (χ4n) is 2.73. The maximum absolute atomic E-state index is 12.5. The maximum Gasteiger partial charge on any atom is 0.316 e. The van der Waals surface area contributed by atoms with Crippen molar-refractivity contribution in [2.45, 2.75) is 32.5 Å². The van der Waals surface area contributed by atoms with E-state index in [0.29, 0.717) is 29.7 Å². The van der Waals surface area contributed by atoms with Gasteiger partial charge < -0.3 is 19.1 Å². The third-order valence-corrected chi connectivity index (χ3v) is 5.01. The number of esters is 1. The fourth-order valence-corrected chi connectivity index (χ4v) is 3.48. The first-order valence-electron chi connectivity index (χ1n) is 9.45. The molecule has 0 fully saturated rings. The highest BCUT2D eigenvalue weighted by atomic mass is 32.2. The van der Waals surface area contributed by atoms with E-state index in [1.165, 1.54) is 11.8 Å². The first kappa shape index (κ1) is 23.5. The average Bonchev–Trinajstić information content (AvgIpc) is 2.73. The van der Waals surface area contributed by atoms with Crippen LogP contribution in [0.25, 0.3) is 0 Å². The van der Waals surface area contributed by atoms with Gasteiger partial charge in [-0.1, -0.05) is 17.8 Å². The first-order chi connectivity index (χ1) is 14.4. The van der Waals surface area contributed by atoms with Crippen LogP contribution in [0, 0.1) is 13.8 Å². The molecule has 0 aliphatic heterocycles. The van der Waals surface area contributed by atoms with Crippen LogP contribution in [0.15, 0.2) is 29.4 Å². The van der Waals surface area contributed by atoms with Gasteiger partial charge in [0.25, 0.3) is 5.91 Å². The first-order valence-corrected chi connectivity index (χ1v) is 10.4. The molecule has 9 heteroatoms. The number of carbonyl (C=O) groups excluding carboxylic acids is 2. The lowest BCUT2D eigenvalue weighted by atomic mass is 10.2. The van der Waals surface area contributed by atoms with Gasteiger partial charge >= 0.3 is 5.97 Å². The molecule has 0 bridgehead atoms. The van der Waals surface area contributed by atoms with E-state index in [-0.39, 0.29) is 18.3 Å². The normalized spacial score (nSPS) is 10.4. The van der Waals surface area contributed by atoms with Crippen molar-refractivity contribution in [1.29, 1.82) is 0 Å². The van der Waals surface area contributed by atoms with E-state index in [1.54, 1.807) is 25.2 Å². The SMILES string of the molecule is CCN(Cc1ccc(OC)c(OC)c1)C(=O)COC(=O)CSc1nc(C)cc(C)n1. The van der Waals surface area contributed by atoms with Crippen LogP contribution in [0.1, 0.15) is 23.9 Å². The standard InChI is InChI=1S/C21H27N3O5S/c1-6-24(11-16-7-8-17(27-4)18(10-16)28-5)19(25)12-29-20(26)13-30-21-22-14(2)9-15(3)23-21/h7-10H,6,11-13H2,1-5H3. The molecule has 0 N–H and O–H groups in total. The predicted octanol–water partition coefficient (Wildman–Crippen LogP) is 2.79. The molecule has 0 spiro atoms. The molecule has 1 heterocycles. The molecule has 0 saturated heterocycles. The zero-order chi connectivity index (χ0) is 22.1. The Kier molecular flexibility index (Phi) is 8.91. The fraction of sp³-hybridized carbons (Fsp3) is 0.429. The number of aryl methyl sites for hydroxylation is 2. The molecule has 0 aliphatic carbocycles. The summed E-state index contributed by atoms with van der Waals surface area (Å²) >= 11 is 1.19. The zero-order valence-corrected chi connectivity index (χ0v) is 18.7. The Labute approximate surface area is 180 Å². The Balaban J connectivity index is 1.86. The highest BCUT2D eigenvalue weighted by molar-refractivity contribution is 7.99. The number of ether oxygens (including phenoxy) is 3. The molecule has 0 radical (unpaired) electrons. The van der Waals surface area contributed by atoms with Gasteiger partial charge in [0.15, 0.2) is 23.3 Å². The van der Waals surface area contributed by atoms with Crippen LogP contribution in [0.2, 0.25) is 0 Å².